The standard InChI is InChI=1S/C16H24ClN/c1-3-5-6-7-8-13-16(18-4-2)14-11-9-10-12-15(14)17/h3,9-12,16,18H,1,4-8,13H2,2H3. The fourth-order valence-electron chi connectivity index (χ4n) is 2.19. The van der Waals surface area contributed by atoms with Crippen molar-refractivity contribution in [2.75, 3.05) is 6.54 Å². The van der Waals surface area contributed by atoms with Gasteiger partial charge in [0.25, 0.3) is 0 Å². The van der Waals surface area contributed by atoms with E-state index in [9.17, 15) is 0 Å². The van der Waals surface area contributed by atoms with E-state index in [0.717, 1.165) is 24.4 Å². The Bertz CT molecular complexity index is 349. The maximum atomic E-state index is 6.26. The Balaban J connectivity index is 2.49. The van der Waals surface area contributed by atoms with Crippen LogP contribution in [0, 0.1) is 0 Å². The molecule has 1 aromatic carbocycles. The van der Waals surface area contributed by atoms with Crippen LogP contribution in [0.3, 0.4) is 0 Å². The lowest BCUT2D eigenvalue weighted by atomic mass is 10.00. The van der Waals surface area contributed by atoms with Gasteiger partial charge < -0.3 is 5.32 Å². The monoisotopic (exact) mass is 265 g/mol. The fraction of sp³-hybridized carbons (Fsp3) is 0.500. The van der Waals surface area contributed by atoms with Crippen LogP contribution in [-0.2, 0) is 0 Å². The van der Waals surface area contributed by atoms with E-state index < -0.39 is 0 Å². The number of unbranched alkanes of at least 4 members (excludes halogenated alkanes) is 3. The molecular formula is C16H24ClN. The molecule has 1 rings (SSSR count). The van der Waals surface area contributed by atoms with Crippen LogP contribution in [-0.4, -0.2) is 6.54 Å². The molecule has 0 aliphatic heterocycles. The average molecular weight is 266 g/mol. The second-order valence-corrected chi connectivity index (χ2v) is 4.97. The van der Waals surface area contributed by atoms with Crippen LogP contribution in [0.2, 0.25) is 5.02 Å². The van der Waals surface area contributed by atoms with Crippen molar-refractivity contribution in [3.8, 4) is 0 Å². The first-order valence-electron chi connectivity index (χ1n) is 6.88. The Morgan fingerprint density at radius 1 is 1.28 bits per heavy atom. The van der Waals surface area contributed by atoms with E-state index in [1.807, 2.05) is 18.2 Å². The van der Waals surface area contributed by atoms with Crippen LogP contribution in [0.5, 0.6) is 0 Å². The van der Waals surface area contributed by atoms with Crippen molar-refractivity contribution in [3.05, 3.63) is 47.5 Å². The molecule has 0 amide bonds. The quantitative estimate of drug-likeness (QED) is 0.482. The summed E-state index contributed by atoms with van der Waals surface area (Å²) in [6.07, 6.45) is 8.00. The van der Waals surface area contributed by atoms with Gasteiger partial charge in [-0.1, -0.05) is 55.6 Å². The molecule has 100 valence electrons. The first kappa shape index (κ1) is 15.3. The Kier molecular flexibility index (Phi) is 7.79. The molecule has 1 atom stereocenters. The minimum atomic E-state index is 0.382. The zero-order valence-corrected chi connectivity index (χ0v) is 12.0. The molecule has 0 fully saturated rings. The summed E-state index contributed by atoms with van der Waals surface area (Å²) in [5.41, 5.74) is 1.23. The van der Waals surface area contributed by atoms with Crippen molar-refractivity contribution in [2.45, 2.75) is 45.1 Å². The lowest BCUT2D eigenvalue weighted by Crippen LogP contribution is -2.21. The summed E-state index contributed by atoms with van der Waals surface area (Å²) in [7, 11) is 0. The third-order valence-corrected chi connectivity index (χ3v) is 3.48. The molecule has 0 spiro atoms. The van der Waals surface area contributed by atoms with Crippen LogP contribution in [0.1, 0.15) is 50.6 Å². The molecule has 1 N–H and O–H groups in total. The fourth-order valence-corrected chi connectivity index (χ4v) is 2.45. The van der Waals surface area contributed by atoms with Crippen molar-refractivity contribution in [2.24, 2.45) is 0 Å². The van der Waals surface area contributed by atoms with E-state index in [0.29, 0.717) is 6.04 Å². The van der Waals surface area contributed by atoms with Crippen LogP contribution in [0.25, 0.3) is 0 Å². The molecule has 18 heavy (non-hydrogen) atoms. The number of benzene rings is 1. The van der Waals surface area contributed by atoms with Gasteiger partial charge >= 0.3 is 0 Å². The minimum absolute atomic E-state index is 0.382. The minimum Gasteiger partial charge on any atom is -0.310 e. The molecule has 2 heteroatoms. The molecule has 0 saturated heterocycles. The molecular weight excluding hydrogens is 242 g/mol. The van der Waals surface area contributed by atoms with Crippen molar-refractivity contribution < 1.29 is 0 Å². The summed E-state index contributed by atoms with van der Waals surface area (Å²) >= 11 is 6.26. The summed E-state index contributed by atoms with van der Waals surface area (Å²) < 4.78 is 0. The van der Waals surface area contributed by atoms with E-state index in [1.54, 1.807) is 0 Å². The predicted molar refractivity (Wildman–Crippen MR) is 81.2 cm³/mol. The highest BCUT2D eigenvalue weighted by atomic mass is 35.5. The maximum Gasteiger partial charge on any atom is 0.0453 e. The first-order valence-corrected chi connectivity index (χ1v) is 7.26. The summed E-state index contributed by atoms with van der Waals surface area (Å²) in [6.45, 7) is 6.87. The number of allylic oxidation sites excluding steroid dienone is 1. The van der Waals surface area contributed by atoms with Crippen molar-refractivity contribution >= 4 is 11.6 Å². The Labute approximate surface area is 116 Å². The molecule has 0 aliphatic carbocycles. The van der Waals surface area contributed by atoms with Gasteiger partial charge in [-0.15, -0.1) is 6.58 Å². The molecule has 0 bridgehead atoms. The van der Waals surface area contributed by atoms with E-state index in [4.69, 9.17) is 11.6 Å². The molecule has 0 aliphatic rings. The van der Waals surface area contributed by atoms with E-state index in [1.165, 1.54) is 24.8 Å². The third kappa shape index (κ3) is 5.24. The van der Waals surface area contributed by atoms with Crippen LogP contribution in [0.4, 0.5) is 0 Å². The highest BCUT2D eigenvalue weighted by Gasteiger charge is 2.12. The van der Waals surface area contributed by atoms with E-state index >= 15 is 0 Å². The maximum absolute atomic E-state index is 6.26. The normalized spacial score (nSPS) is 12.3. The van der Waals surface area contributed by atoms with Gasteiger partial charge in [0.15, 0.2) is 0 Å². The lowest BCUT2D eigenvalue weighted by Gasteiger charge is -2.19. The van der Waals surface area contributed by atoms with Crippen molar-refractivity contribution in [3.63, 3.8) is 0 Å². The van der Waals surface area contributed by atoms with E-state index in [-0.39, 0.29) is 0 Å². The Morgan fingerprint density at radius 3 is 2.72 bits per heavy atom. The summed E-state index contributed by atoms with van der Waals surface area (Å²) in [6, 6.07) is 8.52. The molecule has 1 nitrogen and oxygen atoms in total. The second-order valence-electron chi connectivity index (χ2n) is 4.56. The number of hydrogen-bond acceptors (Lipinski definition) is 1. The van der Waals surface area contributed by atoms with Gasteiger partial charge in [-0.25, -0.2) is 0 Å². The van der Waals surface area contributed by atoms with Gasteiger partial charge in [0, 0.05) is 11.1 Å². The van der Waals surface area contributed by atoms with Crippen LogP contribution < -0.4 is 5.32 Å². The number of hydrogen-bond donors (Lipinski definition) is 1. The van der Waals surface area contributed by atoms with Crippen molar-refractivity contribution in [1.82, 2.24) is 5.32 Å². The molecule has 1 aromatic rings. The highest BCUT2D eigenvalue weighted by Crippen LogP contribution is 2.26. The molecule has 1 unspecified atom stereocenters. The number of rotatable bonds is 9. The zero-order valence-electron chi connectivity index (χ0n) is 11.3. The van der Waals surface area contributed by atoms with Crippen LogP contribution in [0.15, 0.2) is 36.9 Å². The van der Waals surface area contributed by atoms with Crippen LogP contribution >= 0.6 is 11.6 Å². The number of halogens is 1. The summed E-state index contributed by atoms with van der Waals surface area (Å²) in [4.78, 5) is 0. The molecule has 0 aromatic heterocycles. The van der Waals surface area contributed by atoms with Gasteiger partial charge in [0.05, 0.1) is 0 Å². The topological polar surface area (TPSA) is 12.0 Å². The molecule has 0 radical (unpaired) electrons. The zero-order chi connectivity index (χ0) is 13.2. The molecule has 0 heterocycles. The van der Waals surface area contributed by atoms with Gasteiger partial charge in [0.2, 0.25) is 0 Å². The van der Waals surface area contributed by atoms with Gasteiger partial charge in [-0.2, -0.15) is 0 Å². The SMILES string of the molecule is C=CCCCCCC(NCC)c1ccccc1Cl. The van der Waals surface area contributed by atoms with Gasteiger partial charge in [-0.3, -0.25) is 0 Å². The van der Waals surface area contributed by atoms with Gasteiger partial charge in [-0.05, 0) is 37.4 Å². The Hall–Kier alpha value is -0.790. The van der Waals surface area contributed by atoms with E-state index in [2.05, 4.69) is 31.0 Å². The first-order chi connectivity index (χ1) is 8.79. The second kappa shape index (κ2) is 9.18. The predicted octanol–water partition coefficient (Wildman–Crippen LogP) is 5.13. The molecule has 0 saturated carbocycles. The van der Waals surface area contributed by atoms with Gasteiger partial charge in [0.1, 0.15) is 0 Å². The number of nitrogens with one attached hydrogen (secondary N) is 1. The largest absolute Gasteiger partial charge is 0.310 e. The highest BCUT2D eigenvalue weighted by molar-refractivity contribution is 6.31. The lowest BCUT2D eigenvalue weighted by molar-refractivity contribution is 0.484. The summed E-state index contributed by atoms with van der Waals surface area (Å²) in [5.74, 6) is 0. The van der Waals surface area contributed by atoms with Crippen molar-refractivity contribution in [1.29, 1.82) is 0 Å². The summed E-state index contributed by atoms with van der Waals surface area (Å²) in [5, 5.41) is 4.40. The smallest absolute Gasteiger partial charge is 0.0453 e. The Morgan fingerprint density at radius 2 is 2.06 bits per heavy atom. The average Bonchev–Trinajstić information content (AvgIpc) is 2.38. The third-order valence-electron chi connectivity index (χ3n) is 3.13.